The van der Waals surface area contributed by atoms with Crippen molar-refractivity contribution in [3.63, 3.8) is 0 Å². The van der Waals surface area contributed by atoms with Gasteiger partial charge >= 0.3 is 0 Å². The summed E-state index contributed by atoms with van der Waals surface area (Å²) in [4.78, 5) is 8.08. The number of nitrogens with zero attached hydrogens (tertiary/aromatic N) is 2. The van der Waals surface area contributed by atoms with Crippen molar-refractivity contribution >= 4 is 0 Å². The van der Waals surface area contributed by atoms with Crippen LogP contribution in [0.25, 0.3) is 0 Å². The minimum Gasteiger partial charge on any atom is -0.495 e. The van der Waals surface area contributed by atoms with Gasteiger partial charge in [0.15, 0.2) is 0 Å². The van der Waals surface area contributed by atoms with Crippen LogP contribution in [0.3, 0.4) is 0 Å². The largest absolute Gasteiger partial charge is 0.495 e. The van der Waals surface area contributed by atoms with Crippen molar-refractivity contribution < 1.29 is 9.84 Å². The molecule has 0 aliphatic rings. The highest BCUT2D eigenvalue weighted by molar-refractivity contribution is 5.34. The summed E-state index contributed by atoms with van der Waals surface area (Å²) >= 11 is 0. The van der Waals surface area contributed by atoms with Gasteiger partial charge in [-0.15, -0.1) is 0 Å². The number of pyridine rings is 2. The predicted molar refractivity (Wildman–Crippen MR) is 59.1 cm³/mol. The zero-order valence-electron chi connectivity index (χ0n) is 8.87. The molecule has 0 spiro atoms. The zero-order chi connectivity index (χ0) is 11.4. The maximum Gasteiger partial charge on any atom is 0.143 e. The van der Waals surface area contributed by atoms with Crippen LogP contribution in [0.5, 0.6) is 5.75 Å². The first kappa shape index (κ1) is 10.6. The number of hydrogen-bond donors (Lipinski definition) is 1. The van der Waals surface area contributed by atoms with Crippen molar-refractivity contribution in [2.24, 2.45) is 0 Å². The Kier molecular flexibility index (Phi) is 3.12. The Bertz CT molecular complexity index is 460. The van der Waals surface area contributed by atoms with Gasteiger partial charge in [0.05, 0.1) is 7.11 Å². The average molecular weight is 216 g/mol. The molecule has 0 radical (unpaired) electrons. The highest BCUT2D eigenvalue weighted by atomic mass is 16.5. The van der Waals surface area contributed by atoms with Crippen molar-refractivity contribution in [2.75, 3.05) is 7.11 Å². The molecule has 0 aliphatic heterocycles. The molecule has 2 aromatic rings. The summed E-state index contributed by atoms with van der Waals surface area (Å²) in [6, 6.07) is 7.10. The van der Waals surface area contributed by atoms with Crippen LogP contribution in [-0.2, 0) is 0 Å². The van der Waals surface area contributed by atoms with Crippen LogP contribution in [0.4, 0.5) is 0 Å². The standard InChI is InChI=1S/C12H12N2O2/c1-16-10-5-3-7-14-11(10)12(15)9-4-2-6-13-8-9/h2-8,12,15H,1H3. The zero-order valence-corrected chi connectivity index (χ0v) is 8.87. The van der Waals surface area contributed by atoms with Crippen LogP contribution in [0, 0.1) is 0 Å². The number of aromatic nitrogens is 2. The minimum absolute atomic E-state index is 0.498. The molecule has 0 bridgehead atoms. The summed E-state index contributed by atoms with van der Waals surface area (Å²) in [5.74, 6) is 0.568. The van der Waals surface area contributed by atoms with Crippen LogP contribution >= 0.6 is 0 Å². The lowest BCUT2D eigenvalue weighted by molar-refractivity contribution is 0.209. The Labute approximate surface area is 93.6 Å². The lowest BCUT2D eigenvalue weighted by Crippen LogP contribution is -2.04. The summed E-state index contributed by atoms with van der Waals surface area (Å²) in [6.45, 7) is 0. The normalized spacial score (nSPS) is 12.1. The van der Waals surface area contributed by atoms with Crippen LogP contribution in [0.15, 0.2) is 42.9 Å². The first-order valence-corrected chi connectivity index (χ1v) is 4.90. The number of hydrogen-bond acceptors (Lipinski definition) is 4. The van der Waals surface area contributed by atoms with Crippen LogP contribution in [-0.4, -0.2) is 22.2 Å². The van der Waals surface area contributed by atoms with Crippen molar-refractivity contribution in [1.29, 1.82) is 0 Å². The van der Waals surface area contributed by atoms with Gasteiger partial charge in [-0.25, -0.2) is 0 Å². The van der Waals surface area contributed by atoms with E-state index in [1.165, 1.54) is 0 Å². The lowest BCUT2D eigenvalue weighted by atomic mass is 10.1. The second-order valence-electron chi connectivity index (χ2n) is 3.28. The third kappa shape index (κ3) is 2.01. The van der Waals surface area contributed by atoms with E-state index in [0.717, 1.165) is 0 Å². The molecular weight excluding hydrogens is 204 g/mol. The first-order chi connectivity index (χ1) is 7.83. The third-order valence-corrected chi connectivity index (χ3v) is 2.28. The van der Waals surface area contributed by atoms with E-state index in [0.29, 0.717) is 17.0 Å². The molecule has 0 amide bonds. The van der Waals surface area contributed by atoms with E-state index in [1.54, 1.807) is 50.0 Å². The van der Waals surface area contributed by atoms with E-state index in [4.69, 9.17) is 4.74 Å². The highest BCUT2D eigenvalue weighted by Gasteiger charge is 2.16. The number of aliphatic hydroxyl groups is 1. The fourth-order valence-corrected chi connectivity index (χ4v) is 1.48. The van der Waals surface area contributed by atoms with Gasteiger partial charge in [0.2, 0.25) is 0 Å². The van der Waals surface area contributed by atoms with Crippen molar-refractivity contribution in [1.82, 2.24) is 9.97 Å². The molecule has 0 saturated carbocycles. The number of rotatable bonds is 3. The molecule has 0 saturated heterocycles. The molecule has 4 nitrogen and oxygen atoms in total. The van der Waals surface area contributed by atoms with Gasteiger partial charge in [0.1, 0.15) is 17.5 Å². The maximum absolute atomic E-state index is 10.1. The van der Waals surface area contributed by atoms with Crippen LogP contribution in [0.1, 0.15) is 17.4 Å². The molecule has 4 heteroatoms. The summed E-state index contributed by atoms with van der Waals surface area (Å²) < 4.78 is 5.15. The smallest absolute Gasteiger partial charge is 0.143 e. The molecular formula is C12H12N2O2. The van der Waals surface area contributed by atoms with E-state index in [1.807, 2.05) is 0 Å². The Morgan fingerprint density at radius 3 is 2.75 bits per heavy atom. The fraction of sp³-hybridized carbons (Fsp3) is 0.167. The fourth-order valence-electron chi connectivity index (χ4n) is 1.48. The lowest BCUT2D eigenvalue weighted by Gasteiger charge is -2.13. The summed E-state index contributed by atoms with van der Waals surface area (Å²) in [6.07, 6.45) is 4.08. The molecule has 0 aliphatic carbocycles. The van der Waals surface area contributed by atoms with Crippen molar-refractivity contribution in [2.45, 2.75) is 6.10 Å². The minimum atomic E-state index is -0.815. The molecule has 2 heterocycles. The van der Waals surface area contributed by atoms with Gasteiger partial charge in [0.25, 0.3) is 0 Å². The summed E-state index contributed by atoms with van der Waals surface area (Å²) in [5, 5.41) is 10.1. The van der Waals surface area contributed by atoms with Crippen LogP contribution < -0.4 is 4.74 Å². The molecule has 1 unspecified atom stereocenters. The number of methoxy groups -OCH3 is 1. The van der Waals surface area contributed by atoms with Crippen LogP contribution in [0.2, 0.25) is 0 Å². The average Bonchev–Trinajstić information content (AvgIpc) is 2.39. The Hall–Kier alpha value is -1.94. The van der Waals surface area contributed by atoms with Gasteiger partial charge in [-0.05, 0) is 18.2 Å². The predicted octanol–water partition coefficient (Wildman–Crippen LogP) is 1.57. The number of aliphatic hydroxyl groups excluding tert-OH is 1. The monoisotopic (exact) mass is 216 g/mol. The van der Waals surface area contributed by atoms with Crippen molar-refractivity contribution in [3.8, 4) is 5.75 Å². The van der Waals surface area contributed by atoms with Crippen molar-refractivity contribution in [3.05, 3.63) is 54.1 Å². The second kappa shape index (κ2) is 4.72. The SMILES string of the molecule is COc1cccnc1C(O)c1cccnc1. The molecule has 2 rings (SSSR count). The van der Waals surface area contributed by atoms with E-state index < -0.39 is 6.10 Å². The Morgan fingerprint density at radius 1 is 1.25 bits per heavy atom. The molecule has 2 aromatic heterocycles. The quantitative estimate of drug-likeness (QED) is 0.846. The molecule has 16 heavy (non-hydrogen) atoms. The second-order valence-corrected chi connectivity index (χ2v) is 3.28. The first-order valence-electron chi connectivity index (χ1n) is 4.90. The number of ether oxygens (including phenoxy) is 1. The van der Waals surface area contributed by atoms with Gasteiger partial charge in [-0.1, -0.05) is 6.07 Å². The summed E-state index contributed by atoms with van der Waals surface area (Å²) in [7, 11) is 1.55. The van der Waals surface area contributed by atoms with Gasteiger partial charge < -0.3 is 9.84 Å². The Morgan fingerprint density at radius 2 is 2.06 bits per heavy atom. The highest BCUT2D eigenvalue weighted by Crippen LogP contribution is 2.26. The Balaban J connectivity index is 2.37. The van der Waals surface area contributed by atoms with E-state index in [9.17, 15) is 5.11 Å². The molecule has 82 valence electrons. The maximum atomic E-state index is 10.1. The molecule has 0 fully saturated rings. The molecule has 1 N–H and O–H groups in total. The van der Waals surface area contributed by atoms with E-state index in [-0.39, 0.29) is 0 Å². The van der Waals surface area contributed by atoms with Gasteiger partial charge in [0, 0.05) is 24.2 Å². The van der Waals surface area contributed by atoms with E-state index >= 15 is 0 Å². The van der Waals surface area contributed by atoms with Gasteiger partial charge in [-0.3, -0.25) is 9.97 Å². The third-order valence-electron chi connectivity index (χ3n) is 2.28. The molecule has 0 aromatic carbocycles. The topological polar surface area (TPSA) is 55.2 Å². The van der Waals surface area contributed by atoms with Gasteiger partial charge in [-0.2, -0.15) is 0 Å². The van der Waals surface area contributed by atoms with E-state index in [2.05, 4.69) is 9.97 Å². The molecule has 1 atom stereocenters. The summed E-state index contributed by atoms with van der Waals surface area (Å²) in [5.41, 5.74) is 1.19.